The molecule has 57 valence electrons. The topological polar surface area (TPSA) is 0 Å². The van der Waals surface area contributed by atoms with Gasteiger partial charge in [0.1, 0.15) is 0 Å². The molecular formula is C10H17. The molecule has 0 rings (SSSR count). The van der Waals surface area contributed by atoms with Crippen LogP contribution in [0.15, 0.2) is 17.7 Å². The number of allylic oxidation sites excluding steroid dienone is 2. The second kappa shape index (κ2) is 5.28. The van der Waals surface area contributed by atoms with Crippen molar-refractivity contribution in [2.75, 3.05) is 0 Å². The highest BCUT2D eigenvalue weighted by Gasteiger charge is 1.91. The monoisotopic (exact) mass is 137 g/mol. The van der Waals surface area contributed by atoms with Crippen LogP contribution in [0.1, 0.15) is 39.5 Å². The van der Waals surface area contributed by atoms with Crippen molar-refractivity contribution in [1.82, 2.24) is 0 Å². The maximum atomic E-state index is 5.51. The maximum absolute atomic E-state index is 5.51. The van der Waals surface area contributed by atoms with Gasteiger partial charge in [-0.3, -0.25) is 0 Å². The van der Waals surface area contributed by atoms with E-state index in [2.05, 4.69) is 13.5 Å². The fraction of sp³-hybridized carbons (Fsp3) is 0.600. The van der Waals surface area contributed by atoms with E-state index >= 15 is 0 Å². The summed E-state index contributed by atoms with van der Waals surface area (Å²) < 4.78 is 0. The Kier molecular flexibility index (Phi) is 5.00. The molecule has 0 heteroatoms. The molecule has 0 aromatic rings. The normalized spacial score (nSPS) is 9.40. The molecule has 0 aliphatic heterocycles. The van der Waals surface area contributed by atoms with Crippen molar-refractivity contribution in [2.45, 2.75) is 39.5 Å². The van der Waals surface area contributed by atoms with Crippen LogP contribution in [0.3, 0.4) is 0 Å². The summed E-state index contributed by atoms with van der Waals surface area (Å²) in [5.74, 6) is 0. The van der Waals surface area contributed by atoms with Gasteiger partial charge in [-0.25, -0.2) is 0 Å². The summed E-state index contributed by atoms with van der Waals surface area (Å²) in [6.07, 6.45) is 4.43. The summed E-state index contributed by atoms with van der Waals surface area (Å²) in [4.78, 5) is 0. The Morgan fingerprint density at radius 1 is 1.40 bits per heavy atom. The summed E-state index contributed by atoms with van der Waals surface area (Å²) >= 11 is 0. The van der Waals surface area contributed by atoms with Crippen LogP contribution >= 0.6 is 0 Å². The lowest BCUT2D eigenvalue weighted by molar-refractivity contribution is 0.784. The first-order chi connectivity index (χ1) is 4.66. The van der Waals surface area contributed by atoms with Crippen LogP contribution < -0.4 is 0 Å². The Morgan fingerprint density at radius 3 is 2.40 bits per heavy atom. The molecule has 0 aromatic carbocycles. The second-order valence-corrected chi connectivity index (χ2v) is 2.80. The van der Waals surface area contributed by atoms with E-state index in [0.29, 0.717) is 0 Å². The third-order valence-corrected chi connectivity index (χ3v) is 1.60. The molecule has 0 unspecified atom stereocenters. The molecule has 0 nitrogen and oxygen atoms in total. The van der Waals surface area contributed by atoms with E-state index < -0.39 is 0 Å². The van der Waals surface area contributed by atoms with Crippen LogP contribution in [0.25, 0.3) is 0 Å². The predicted octanol–water partition coefficient (Wildman–Crippen LogP) is 3.50. The van der Waals surface area contributed by atoms with Gasteiger partial charge in [0.2, 0.25) is 0 Å². The Hall–Kier alpha value is -0.520. The van der Waals surface area contributed by atoms with E-state index in [1.807, 2.05) is 6.92 Å². The van der Waals surface area contributed by atoms with Crippen molar-refractivity contribution in [2.24, 2.45) is 0 Å². The van der Waals surface area contributed by atoms with Crippen LogP contribution in [0.4, 0.5) is 0 Å². The summed E-state index contributed by atoms with van der Waals surface area (Å²) in [6.45, 7) is 13.5. The van der Waals surface area contributed by atoms with Crippen molar-refractivity contribution in [3.8, 4) is 0 Å². The average Bonchev–Trinajstić information content (AvgIpc) is 1.87. The first kappa shape index (κ1) is 9.48. The molecule has 0 saturated heterocycles. The van der Waals surface area contributed by atoms with Crippen molar-refractivity contribution in [1.29, 1.82) is 0 Å². The van der Waals surface area contributed by atoms with Crippen LogP contribution in [-0.2, 0) is 0 Å². The molecule has 1 radical (unpaired) electrons. The largest absolute Gasteiger partial charge is 0.0999 e. The lowest BCUT2D eigenvalue weighted by Crippen LogP contribution is -1.80. The van der Waals surface area contributed by atoms with Crippen LogP contribution in [0, 0.1) is 6.58 Å². The molecule has 0 N–H and O–H groups in total. The fourth-order valence-electron chi connectivity index (χ4n) is 0.794. The first-order valence-corrected chi connectivity index (χ1v) is 3.91. The molecule has 0 atom stereocenters. The molecule has 0 spiro atoms. The van der Waals surface area contributed by atoms with Crippen molar-refractivity contribution in [3.05, 3.63) is 24.3 Å². The average molecular weight is 137 g/mol. The molecule has 10 heavy (non-hydrogen) atoms. The van der Waals surface area contributed by atoms with Gasteiger partial charge < -0.3 is 0 Å². The summed E-state index contributed by atoms with van der Waals surface area (Å²) in [6, 6.07) is 0. The lowest BCUT2D eigenvalue weighted by atomic mass is 10.1. The van der Waals surface area contributed by atoms with Gasteiger partial charge in [-0.2, -0.15) is 0 Å². The smallest absolute Gasteiger partial charge is 0.0317 e. The number of hydrogen-bond donors (Lipinski definition) is 0. The highest BCUT2D eigenvalue weighted by Crippen LogP contribution is 2.10. The van der Waals surface area contributed by atoms with Gasteiger partial charge in [0.05, 0.1) is 0 Å². The Bertz CT molecular complexity index is 120. The SMILES string of the molecule is [CH]=C(C)CCCC(=C)CC. The zero-order valence-electron chi connectivity index (χ0n) is 7.11. The maximum Gasteiger partial charge on any atom is -0.0317 e. The minimum absolute atomic E-state index is 1.03. The molecular weight excluding hydrogens is 120 g/mol. The van der Waals surface area contributed by atoms with E-state index in [-0.39, 0.29) is 0 Å². The van der Waals surface area contributed by atoms with E-state index in [9.17, 15) is 0 Å². The Morgan fingerprint density at radius 2 is 2.00 bits per heavy atom. The number of hydrogen-bond acceptors (Lipinski definition) is 0. The third-order valence-electron chi connectivity index (χ3n) is 1.60. The van der Waals surface area contributed by atoms with Crippen LogP contribution in [0.5, 0.6) is 0 Å². The minimum Gasteiger partial charge on any atom is -0.0999 e. The molecule has 0 aromatic heterocycles. The molecule has 0 amide bonds. The summed E-state index contributed by atoms with van der Waals surface area (Å²) in [5.41, 5.74) is 2.37. The van der Waals surface area contributed by atoms with Gasteiger partial charge in [0, 0.05) is 0 Å². The van der Waals surface area contributed by atoms with Crippen molar-refractivity contribution in [3.63, 3.8) is 0 Å². The molecule has 0 heterocycles. The number of rotatable bonds is 5. The molecule has 0 fully saturated rings. The zero-order valence-corrected chi connectivity index (χ0v) is 7.11. The zero-order chi connectivity index (χ0) is 7.98. The van der Waals surface area contributed by atoms with Gasteiger partial charge >= 0.3 is 0 Å². The standard InChI is InChI=1S/C10H17/c1-5-10(4)8-6-7-9(2)3/h2H,4-8H2,1,3H3. The quantitative estimate of drug-likeness (QED) is 0.509. The fourth-order valence-corrected chi connectivity index (χ4v) is 0.794. The van der Waals surface area contributed by atoms with Crippen molar-refractivity contribution >= 4 is 0 Å². The van der Waals surface area contributed by atoms with Gasteiger partial charge in [-0.05, 0) is 32.6 Å². The van der Waals surface area contributed by atoms with Crippen molar-refractivity contribution < 1.29 is 0 Å². The van der Waals surface area contributed by atoms with Crippen LogP contribution in [0.2, 0.25) is 0 Å². The van der Waals surface area contributed by atoms with E-state index in [4.69, 9.17) is 6.58 Å². The Labute approximate surface area is 64.6 Å². The second-order valence-electron chi connectivity index (χ2n) is 2.80. The van der Waals surface area contributed by atoms with Crippen LogP contribution in [-0.4, -0.2) is 0 Å². The van der Waals surface area contributed by atoms with Gasteiger partial charge in [-0.15, -0.1) is 0 Å². The summed E-state index contributed by atoms with van der Waals surface area (Å²) in [7, 11) is 0. The van der Waals surface area contributed by atoms with Gasteiger partial charge in [0.25, 0.3) is 0 Å². The lowest BCUT2D eigenvalue weighted by Gasteiger charge is -2.00. The molecule has 0 aliphatic carbocycles. The highest BCUT2D eigenvalue weighted by molar-refractivity contribution is 4.94. The molecule has 0 saturated carbocycles. The van der Waals surface area contributed by atoms with Gasteiger partial charge in [-0.1, -0.05) is 31.2 Å². The molecule has 0 bridgehead atoms. The van der Waals surface area contributed by atoms with E-state index in [0.717, 1.165) is 31.3 Å². The molecule has 0 aliphatic rings. The Balaban J connectivity index is 3.20. The highest BCUT2D eigenvalue weighted by atomic mass is 14.0. The minimum atomic E-state index is 1.03. The summed E-state index contributed by atoms with van der Waals surface area (Å²) in [5, 5.41) is 0. The first-order valence-electron chi connectivity index (χ1n) is 3.91. The predicted molar refractivity (Wildman–Crippen MR) is 46.8 cm³/mol. The van der Waals surface area contributed by atoms with Gasteiger partial charge in [0.15, 0.2) is 0 Å². The third kappa shape index (κ3) is 5.61. The van der Waals surface area contributed by atoms with E-state index in [1.54, 1.807) is 0 Å². The van der Waals surface area contributed by atoms with E-state index in [1.165, 1.54) is 5.57 Å².